The number of nitrogens with zero attached hydrogens (tertiary/aromatic N) is 3. The van der Waals surface area contributed by atoms with Crippen LogP contribution in [0.3, 0.4) is 0 Å². The summed E-state index contributed by atoms with van der Waals surface area (Å²) in [5.74, 6) is 0.0458. The standard InChI is InChI=1S/C11H19N3O3/c1-4-9-11(14(16)17)10(5-2)13(12-9)6-8(3)7-15/h8,15H,4-7H2,1-3H3. The van der Waals surface area contributed by atoms with E-state index in [-0.39, 0.29) is 23.1 Å². The van der Waals surface area contributed by atoms with Gasteiger partial charge in [0.15, 0.2) is 0 Å². The lowest BCUT2D eigenvalue weighted by molar-refractivity contribution is -0.386. The molecule has 96 valence electrons. The lowest BCUT2D eigenvalue weighted by atomic mass is 10.2. The topological polar surface area (TPSA) is 81.2 Å². The van der Waals surface area contributed by atoms with Crippen LogP contribution in [-0.2, 0) is 19.4 Å². The number of aliphatic hydroxyl groups excluding tert-OH is 1. The monoisotopic (exact) mass is 241 g/mol. The molecule has 1 aromatic heterocycles. The van der Waals surface area contributed by atoms with Gasteiger partial charge < -0.3 is 5.11 Å². The van der Waals surface area contributed by atoms with Crippen molar-refractivity contribution in [2.75, 3.05) is 6.61 Å². The van der Waals surface area contributed by atoms with Gasteiger partial charge in [-0.15, -0.1) is 0 Å². The Bertz CT molecular complexity index is 401. The van der Waals surface area contributed by atoms with Gasteiger partial charge in [0.05, 0.1) is 4.92 Å². The van der Waals surface area contributed by atoms with Gasteiger partial charge in [-0.3, -0.25) is 14.8 Å². The molecule has 17 heavy (non-hydrogen) atoms. The van der Waals surface area contributed by atoms with Crippen LogP contribution in [-0.4, -0.2) is 26.4 Å². The van der Waals surface area contributed by atoms with E-state index in [0.717, 1.165) is 0 Å². The average molecular weight is 241 g/mol. The van der Waals surface area contributed by atoms with Gasteiger partial charge >= 0.3 is 5.69 Å². The Balaban J connectivity index is 3.17. The fourth-order valence-corrected chi connectivity index (χ4v) is 1.85. The third-order valence-electron chi connectivity index (χ3n) is 2.75. The van der Waals surface area contributed by atoms with Gasteiger partial charge in [-0.25, -0.2) is 0 Å². The van der Waals surface area contributed by atoms with E-state index in [1.807, 2.05) is 20.8 Å². The molecule has 6 nitrogen and oxygen atoms in total. The molecule has 1 atom stereocenters. The number of hydrogen-bond donors (Lipinski definition) is 1. The normalized spacial score (nSPS) is 12.7. The Hall–Kier alpha value is -1.43. The summed E-state index contributed by atoms with van der Waals surface area (Å²) in [4.78, 5) is 10.7. The van der Waals surface area contributed by atoms with E-state index < -0.39 is 0 Å². The number of rotatable bonds is 6. The van der Waals surface area contributed by atoms with Crippen LogP contribution in [0.25, 0.3) is 0 Å². The molecule has 0 spiro atoms. The van der Waals surface area contributed by atoms with Gasteiger partial charge in [0, 0.05) is 13.2 Å². The lowest BCUT2D eigenvalue weighted by Gasteiger charge is -2.09. The summed E-state index contributed by atoms with van der Waals surface area (Å²) in [7, 11) is 0. The van der Waals surface area contributed by atoms with Gasteiger partial charge in [0.2, 0.25) is 0 Å². The maximum Gasteiger partial charge on any atom is 0.313 e. The molecule has 1 N–H and O–H groups in total. The number of aliphatic hydroxyl groups is 1. The van der Waals surface area contributed by atoms with Crippen molar-refractivity contribution in [2.24, 2.45) is 5.92 Å². The summed E-state index contributed by atoms with van der Waals surface area (Å²) in [5, 5.41) is 24.3. The number of hydrogen-bond acceptors (Lipinski definition) is 4. The maximum absolute atomic E-state index is 11.0. The Labute approximate surface area is 100 Å². The third-order valence-corrected chi connectivity index (χ3v) is 2.75. The molecule has 6 heteroatoms. The molecular formula is C11H19N3O3. The summed E-state index contributed by atoms with van der Waals surface area (Å²) in [6.45, 7) is 6.19. The van der Waals surface area contributed by atoms with E-state index in [2.05, 4.69) is 5.10 Å². The molecule has 0 radical (unpaired) electrons. The van der Waals surface area contributed by atoms with Crippen molar-refractivity contribution >= 4 is 5.69 Å². The zero-order valence-electron chi connectivity index (χ0n) is 10.5. The number of nitro groups is 1. The minimum absolute atomic E-state index is 0.0458. The second kappa shape index (κ2) is 5.77. The second-order valence-corrected chi connectivity index (χ2v) is 4.18. The zero-order chi connectivity index (χ0) is 13.0. The van der Waals surface area contributed by atoms with Crippen LogP contribution >= 0.6 is 0 Å². The Morgan fingerprint density at radius 2 is 2.12 bits per heavy atom. The predicted octanol–water partition coefficient (Wildman–Crippen LogP) is 1.54. The molecule has 0 saturated heterocycles. The number of aromatic nitrogens is 2. The molecule has 0 aliphatic carbocycles. The molecular weight excluding hydrogens is 222 g/mol. The summed E-state index contributed by atoms with van der Waals surface area (Å²) in [6.07, 6.45) is 1.12. The van der Waals surface area contributed by atoms with Crippen LogP contribution in [0.5, 0.6) is 0 Å². The van der Waals surface area contributed by atoms with Crippen molar-refractivity contribution in [1.82, 2.24) is 9.78 Å². The highest BCUT2D eigenvalue weighted by atomic mass is 16.6. The first-order valence-electron chi connectivity index (χ1n) is 5.88. The van der Waals surface area contributed by atoms with Gasteiger partial charge in [0.25, 0.3) is 0 Å². The van der Waals surface area contributed by atoms with E-state index >= 15 is 0 Å². The highest BCUT2D eigenvalue weighted by Crippen LogP contribution is 2.25. The minimum atomic E-state index is -0.356. The highest BCUT2D eigenvalue weighted by molar-refractivity contribution is 5.41. The quantitative estimate of drug-likeness (QED) is 0.605. The van der Waals surface area contributed by atoms with E-state index in [9.17, 15) is 10.1 Å². The third kappa shape index (κ3) is 2.82. The predicted molar refractivity (Wildman–Crippen MR) is 63.9 cm³/mol. The van der Waals surface area contributed by atoms with E-state index in [1.54, 1.807) is 4.68 Å². The van der Waals surface area contributed by atoms with Gasteiger partial charge in [-0.05, 0) is 18.8 Å². The Morgan fingerprint density at radius 1 is 1.47 bits per heavy atom. The molecule has 0 fully saturated rings. The first-order chi connectivity index (χ1) is 8.04. The molecule has 0 saturated carbocycles. The minimum Gasteiger partial charge on any atom is -0.396 e. The Kier molecular flexibility index (Phi) is 4.62. The van der Waals surface area contributed by atoms with Gasteiger partial charge in [-0.2, -0.15) is 5.10 Å². The summed E-state index contributed by atoms with van der Waals surface area (Å²) < 4.78 is 1.66. The van der Waals surface area contributed by atoms with Crippen molar-refractivity contribution in [3.63, 3.8) is 0 Å². The fraction of sp³-hybridized carbons (Fsp3) is 0.727. The van der Waals surface area contributed by atoms with Crippen molar-refractivity contribution in [1.29, 1.82) is 0 Å². The van der Waals surface area contributed by atoms with Crippen LogP contribution in [0.4, 0.5) is 5.69 Å². The van der Waals surface area contributed by atoms with Crippen LogP contribution < -0.4 is 0 Å². The van der Waals surface area contributed by atoms with Crippen LogP contribution in [0.1, 0.15) is 32.2 Å². The molecule has 1 rings (SSSR count). The first-order valence-corrected chi connectivity index (χ1v) is 5.88. The van der Waals surface area contributed by atoms with Gasteiger partial charge in [-0.1, -0.05) is 20.8 Å². The average Bonchev–Trinajstić information content (AvgIpc) is 2.66. The smallest absolute Gasteiger partial charge is 0.313 e. The van der Waals surface area contributed by atoms with Gasteiger partial charge in [0.1, 0.15) is 11.4 Å². The summed E-state index contributed by atoms with van der Waals surface area (Å²) >= 11 is 0. The summed E-state index contributed by atoms with van der Waals surface area (Å²) in [6, 6.07) is 0. The SMILES string of the molecule is CCc1nn(CC(C)CO)c(CC)c1[N+](=O)[O-]. The van der Waals surface area contributed by atoms with Crippen molar-refractivity contribution in [3.8, 4) is 0 Å². The van der Waals surface area contributed by atoms with E-state index in [4.69, 9.17) is 5.11 Å². The van der Waals surface area contributed by atoms with Crippen molar-refractivity contribution in [3.05, 3.63) is 21.5 Å². The fourth-order valence-electron chi connectivity index (χ4n) is 1.85. The second-order valence-electron chi connectivity index (χ2n) is 4.18. The molecule has 1 unspecified atom stereocenters. The molecule has 1 aromatic rings. The lowest BCUT2D eigenvalue weighted by Crippen LogP contribution is -2.14. The summed E-state index contributed by atoms with van der Waals surface area (Å²) in [5.41, 5.74) is 1.31. The zero-order valence-corrected chi connectivity index (χ0v) is 10.5. The van der Waals surface area contributed by atoms with Crippen LogP contribution in [0, 0.1) is 16.0 Å². The highest BCUT2D eigenvalue weighted by Gasteiger charge is 2.25. The molecule has 0 amide bonds. The number of aryl methyl sites for hydroxylation is 1. The molecule has 0 aromatic carbocycles. The van der Waals surface area contributed by atoms with Crippen LogP contribution in [0.2, 0.25) is 0 Å². The Morgan fingerprint density at radius 3 is 2.53 bits per heavy atom. The van der Waals surface area contributed by atoms with Crippen molar-refractivity contribution in [2.45, 2.75) is 40.2 Å². The molecule has 0 aliphatic heterocycles. The van der Waals surface area contributed by atoms with E-state index in [1.165, 1.54) is 0 Å². The molecule has 1 heterocycles. The maximum atomic E-state index is 11.0. The molecule has 0 aliphatic rings. The molecule has 0 bridgehead atoms. The first kappa shape index (κ1) is 13.6. The van der Waals surface area contributed by atoms with Crippen LogP contribution in [0.15, 0.2) is 0 Å². The largest absolute Gasteiger partial charge is 0.396 e. The van der Waals surface area contributed by atoms with Crippen molar-refractivity contribution < 1.29 is 10.0 Å². The van der Waals surface area contributed by atoms with E-state index in [0.29, 0.717) is 30.8 Å².